The van der Waals surface area contributed by atoms with Crippen molar-refractivity contribution in [1.29, 1.82) is 0 Å². The molecule has 0 aliphatic carbocycles. The van der Waals surface area contributed by atoms with Crippen molar-refractivity contribution in [2.75, 3.05) is 11.9 Å². The average Bonchev–Trinajstić information content (AvgIpc) is 2.41. The third-order valence-electron chi connectivity index (χ3n) is 2.65. The first-order valence-electron chi connectivity index (χ1n) is 6.09. The molecule has 0 bridgehead atoms. The standard InChI is InChI=1S/C15H15Cl2NO/c1-2-19-15-8-5-13(17)9-11(15)10-18-14-6-3-12(16)4-7-14/h3-9,18H,2,10H2,1H3. The molecular weight excluding hydrogens is 281 g/mol. The summed E-state index contributed by atoms with van der Waals surface area (Å²) in [5.41, 5.74) is 2.04. The maximum atomic E-state index is 6.02. The van der Waals surface area contributed by atoms with Crippen molar-refractivity contribution in [3.05, 3.63) is 58.1 Å². The summed E-state index contributed by atoms with van der Waals surface area (Å²) in [5.74, 6) is 0.855. The first-order chi connectivity index (χ1) is 9.19. The summed E-state index contributed by atoms with van der Waals surface area (Å²) in [6.45, 7) is 3.25. The van der Waals surface area contributed by atoms with E-state index in [0.717, 1.165) is 22.0 Å². The maximum Gasteiger partial charge on any atom is 0.124 e. The van der Waals surface area contributed by atoms with Crippen LogP contribution in [0.3, 0.4) is 0 Å². The highest BCUT2D eigenvalue weighted by atomic mass is 35.5. The molecule has 0 unspecified atom stereocenters. The molecule has 0 radical (unpaired) electrons. The molecule has 0 aliphatic heterocycles. The minimum Gasteiger partial charge on any atom is -0.494 e. The smallest absolute Gasteiger partial charge is 0.124 e. The molecule has 0 aromatic heterocycles. The lowest BCUT2D eigenvalue weighted by Crippen LogP contribution is -2.03. The van der Waals surface area contributed by atoms with Crippen LogP contribution in [0, 0.1) is 0 Å². The van der Waals surface area contributed by atoms with Gasteiger partial charge >= 0.3 is 0 Å². The molecule has 2 aromatic rings. The van der Waals surface area contributed by atoms with Gasteiger partial charge in [-0.15, -0.1) is 0 Å². The number of rotatable bonds is 5. The van der Waals surface area contributed by atoms with E-state index in [1.807, 2.05) is 49.4 Å². The summed E-state index contributed by atoms with van der Waals surface area (Å²) in [7, 11) is 0. The van der Waals surface area contributed by atoms with Crippen LogP contribution in [0.5, 0.6) is 5.75 Å². The number of halogens is 2. The van der Waals surface area contributed by atoms with Crippen LogP contribution in [0.1, 0.15) is 12.5 Å². The fraction of sp³-hybridized carbons (Fsp3) is 0.200. The van der Waals surface area contributed by atoms with Gasteiger partial charge in [-0.3, -0.25) is 0 Å². The van der Waals surface area contributed by atoms with E-state index in [-0.39, 0.29) is 0 Å². The summed E-state index contributed by atoms with van der Waals surface area (Å²) in [4.78, 5) is 0. The largest absolute Gasteiger partial charge is 0.494 e. The van der Waals surface area contributed by atoms with Gasteiger partial charge in [0.25, 0.3) is 0 Å². The summed E-state index contributed by atoms with van der Waals surface area (Å²) < 4.78 is 5.58. The van der Waals surface area contributed by atoms with Gasteiger partial charge in [0.05, 0.1) is 6.61 Å². The molecular formula is C15H15Cl2NO. The maximum absolute atomic E-state index is 6.02. The van der Waals surface area contributed by atoms with Crippen LogP contribution in [0.2, 0.25) is 10.0 Å². The SMILES string of the molecule is CCOc1ccc(Cl)cc1CNc1ccc(Cl)cc1. The summed E-state index contributed by atoms with van der Waals surface area (Å²) in [6, 6.07) is 13.2. The number of benzene rings is 2. The lowest BCUT2D eigenvalue weighted by Gasteiger charge is -2.12. The van der Waals surface area contributed by atoms with E-state index in [9.17, 15) is 0 Å². The van der Waals surface area contributed by atoms with Gasteiger partial charge in [-0.1, -0.05) is 23.2 Å². The topological polar surface area (TPSA) is 21.3 Å². The fourth-order valence-corrected chi connectivity index (χ4v) is 2.07. The van der Waals surface area contributed by atoms with Gasteiger partial charge in [-0.05, 0) is 49.4 Å². The Hall–Kier alpha value is -1.38. The van der Waals surface area contributed by atoms with Gasteiger partial charge in [0.1, 0.15) is 5.75 Å². The Labute approximate surface area is 123 Å². The Bertz CT molecular complexity index is 540. The predicted octanol–water partition coefficient (Wildman–Crippen LogP) is 5.00. The minimum atomic E-state index is 0.635. The Kier molecular flexibility index (Phi) is 4.94. The quantitative estimate of drug-likeness (QED) is 0.838. The lowest BCUT2D eigenvalue weighted by molar-refractivity contribution is 0.337. The zero-order chi connectivity index (χ0) is 13.7. The summed E-state index contributed by atoms with van der Waals surface area (Å²) >= 11 is 11.9. The molecule has 1 N–H and O–H groups in total. The molecule has 100 valence electrons. The second-order valence-electron chi connectivity index (χ2n) is 4.05. The Morgan fingerprint density at radius 2 is 1.68 bits per heavy atom. The van der Waals surface area contributed by atoms with Crippen LogP contribution in [0.25, 0.3) is 0 Å². The van der Waals surface area contributed by atoms with E-state index in [2.05, 4.69) is 5.32 Å². The lowest BCUT2D eigenvalue weighted by atomic mass is 10.2. The Morgan fingerprint density at radius 1 is 1.00 bits per heavy atom. The number of hydrogen-bond donors (Lipinski definition) is 1. The van der Waals surface area contributed by atoms with Crippen LogP contribution in [0.4, 0.5) is 5.69 Å². The molecule has 0 atom stereocenters. The molecule has 0 aliphatic rings. The van der Waals surface area contributed by atoms with E-state index in [4.69, 9.17) is 27.9 Å². The first-order valence-corrected chi connectivity index (χ1v) is 6.85. The molecule has 2 rings (SSSR count). The van der Waals surface area contributed by atoms with Crippen LogP contribution in [-0.4, -0.2) is 6.61 Å². The number of nitrogens with one attached hydrogen (secondary N) is 1. The van der Waals surface area contributed by atoms with Gasteiger partial charge < -0.3 is 10.1 Å². The molecule has 0 saturated carbocycles. The second kappa shape index (κ2) is 6.69. The van der Waals surface area contributed by atoms with Gasteiger partial charge in [-0.25, -0.2) is 0 Å². The molecule has 19 heavy (non-hydrogen) atoms. The van der Waals surface area contributed by atoms with Gasteiger partial charge in [0, 0.05) is 27.8 Å². The van der Waals surface area contributed by atoms with Crippen LogP contribution < -0.4 is 10.1 Å². The average molecular weight is 296 g/mol. The van der Waals surface area contributed by atoms with Crippen LogP contribution in [0.15, 0.2) is 42.5 Å². The number of ether oxygens (including phenoxy) is 1. The molecule has 0 heterocycles. The summed E-state index contributed by atoms with van der Waals surface area (Å²) in [5, 5.41) is 4.75. The Morgan fingerprint density at radius 3 is 2.37 bits per heavy atom. The molecule has 0 saturated heterocycles. The third-order valence-corrected chi connectivity index (χ3v) is 3.14. The highest BCUT2D eigenvalue weighted by Crippen LogP contribution is 2.24. The number of hydrogen-bond acceptors (Lipinski definition) is 2. The van der Waals surface area contributed by atoms with Crippen molar-refractivity contribution in [3.63, 3.8) is 0 Å². The molecule has 0 spiro atoms. The van der Waals surface area contributed by atoms with Crippen molar-refractivity contribution < 1.29 is 4.74 Å². The predicted molar refractivity (Wildman–Crippen MR) is 81.4 cm³/mol. The third kappa shape index (κ3) is 4.05. The molecule has 2 aromatic carbocycles. The van der Waals surface area contributed by atoms with Gasteiger partial charge in [-0.2, -0.15) is 0 Å². The van der Waals surface area contributed by atoms with Crippen LogP contribution in [-0.2, 0) is 6.54 Å². The van der Waals surface area contributed by atoms with E-state index in [1.54, 1.807) is 0 Å². The van der Waals surface area contributed by atoms with Crippen molar-refractivity contribution in [1.82, 2.24) is 0 Å². The van der Waals surface area contributed by atoms with Gasteiger partial charge in [0.15, 0.2) is 0 Å². The van der Waals surface area contributed by atoms with Crippen molar-refractivity contribution in [2.45, 2.75) is 13.5 Å². The van der Waals surface area contributed by atoms with Crippen LogP contribution >= 0.6 is 23.2 Å². The van der Waals surface area contributed by atoms with Gasteiger partial charge in [0.2, 0.25) is 0 Å². The monoisotopic (exact) mass is 295 g/mol. The fourth-order valence-electron chi connectivity index (χ4n) is 1.75. The van der Waals surface area contributed by atoms with Crippen molar-refractivity contribution >= 4 is 28.9 Å². The van der Waals surface area contributed by atoms with Crippen molar-refractivity contribution in [2.24, 2.45) is 0 Å². The van der Waals surface area contributed by atoms with E-state index < -0.39 is 0 Å². The second-order valence-corrected chi connectivity index (χ2v) is 4.92. The molecule has 0 fully saturated rings. The highest BCUT2D eigenvalue weighted by molar-refractivity contribution is 6.30. The minimum absolute atomic E-state index is 0.635. The Balaban J connectivity index is 2.09. The molecule has 2 nitrogen and oxygen atoms in total. The highest BCUT2D eigenvalue weighted by Gasteiger charge is 2.04. The number of anilines is 1. The van der Waals surface area contributed by atoms with E-state index in [1.165, 1.54) is 0 Å². The first kappa shape index (κ1) is 14.0. The normalized spacial score (nSPS) is 10.3. The summed E-state index contributed by atoms with van der Waals surface area (Å²) in [6.07, 6.45) is 0. The van der Waals surface area contributed by atoms with Crippen molar-refractivity contribution in [3.8, 4) is 5.75 Å². The molecule has 4 heteroatoms. The van der Waals surface area contributed by atoms with E-state index in [0.29, 0.717) is 18.2 Å². The van der Waals surface area contributed by atoms with E-state index >= 15 is 0 Å². The molecule has 0 amide bonds. The zero-order valence-electron chi connectivity index (χ0n) is 10.6. The zero-order valence-corrected chi connectivity index (χ0v) is 12.1.